The van der Waals surface area contributed by atoms with Crippen LogP contribution in [-0.2, 0) is 14.3 Å². The van der Waals surface area contributed by atoms with Crippen LogP contribution in [0.15, 0.2) is 58.7 Å². The normalized spacial score (nSPS) is 23.2. The van der Waals surface area contributed by atoms with Gasteiger partial charge >= 0.3 is 5.97 Å². The molecule has 0 saturated heterocycles. The van der Waals surface area contributed by atoms with Crippen molar-refractivity contribution in [3.05, 3.63) is 64.9 Å². The molecule has 2 aromatic rings. The average molecular weight is 532 g/mol. The molecule has 3 aliphatic rings. The number of esters is 1. The van der Waals surface area contributed by atoms with Gasteiger partial charge < -0.3 is 18.9 Å². The van der Waals surface area contributed by atoms with Crippen LogP contribution in [0.25, 0.3) is 0 Å². The van der Waals surface area contributed by atoms with E-state index < -0.39 is 11.8 Å². The van der Waals surface area contributed by atoms with Gasteiger partial charge in [-0.25, -0.2) is 4.79 Å². The minimum absolute atomic E-state index is 0.0464. The Hall–Kier alpha value is -3.61. The van der Waals surface area contributed by atoms with Crippen LogP contribution in [-0.4, -0.2) is 44.4 Å². The molecule has 2 aromatic carbocycles. The molecular formula is C32H37NO6. The van der Waals surface area contributed by atoms with Crippen molar-refractivity contribution in [2.75, 3.05) is 20.8 Å². The maximum absolute atomic E-state index is 14.0. The first-order chi connectivity index (χ1) is 18.9. The lowest BCUT2D eigenvalue weighted by atomic mass is 9.66. The maximum atomic E-state index is 14.0. The monoisotopic (exact) mass is 531 g/mol. The summed E-state index contributed by atoms with van der Waals surface area (Å²) in [4.78, 5) is 32.6. The molecule has 2 fully saturated rings. The van der Waals surface area contributed by atoms with Crippen LogP contribution < -0.4 is 14.2 Å². The first-order valence-corrected chi connectivity index (χ1v) is 13.9. The number of Topliss-reactive ketones (excluding diaryl/α,β-unsaturated/α-hetero) is 1. The van der Waals surface area contributed by atoms with Crippen molar-refractivity contribution in [3.63, 3.8) is 0 Å². The predicted octanol–water partition coefficient (Wildman–Crippen LogP) is 6.16. The summed E-state index contributed by atoms with van der Waals surface area (Å²) in [5, 5.41) is 0. The van der Waals surface area contributed by atoms with Crippen molar-refractivity contribution in [3.8, 4) is 17.2 Å². The lowest BCUT2D eigenvalue weighted by molar-refractivity contribution is -0.144. The molecule has 7 heteroatoms. The van der Waals surface area contributed by atoms with Gasteiger partial charge in [-0.1, -0.05) is 24.3 Å². The SMILES string of the molecule is CCOc1ccccc1[C@@H]1C(C(=O)OC2CCCC2)=C(C)N=C2C[C@@H](c3ccc(OC)c(OC)c3)CC(=O)C21. The zero-order chi connectivity index (χ0) is 27.5. The van der Waals surface area contributed by atoms with Crippen molar-refractivity contribution in [1.82, 2.24) is 0 Å². The summed E-state index contributed by atoms with van der Waals surface area (Å²) in [5.41, 5.74) is 3.72. The number of aliphatic imine (C=N–C) groups is 1. The lowest BCUT2D eigenvalue weighted by Crippen LogP contribution is -2.41. The number of ketones is 1. The highest BCUT2D eigenvalue weighted by Gasteiger charge is 2.47. The van der Waals surface area contributed by atoms with Crippen LogP contribution in [0.1, 0.15) is 75.3 Å². The standard InChI is InChI=1S/C32H37NO6/c1-5-38-26-13-9-8-12-23(26)30-29(32(35)39-22-10-6-7-11-22)19(2)33-24-16-21(17-25(34)31(24)30)20-14-15-27(36-3)28(18-20)37-4/h8-9,12-15,18,21-22,30-31H,5-7,10-11,16-17H2,1-4H3/t21-,30-,31?/m1/s1. The van der Waals surface area contributed by atoms with Crippen LogP contribution in [0, 0.1) is 5.92 Å². The van der Waals surface area contributed by atoms with E-state index in [1.807, 2.05) is 56.3 Å². The zero-order valence-electron chi connectivity index (χ0n) is 23.2. The second-order valence-corrected chi connectivity index (χ2v) is 10.5. The Morgan fingerprint density at radius 1 is 0.949 bits per heavy atom. The van der Waals surface area contributed by atoms with Gasteiger partial charge in [0.15, 0.2) is 11.5 Å². The molecule has 7 nitrogen and oxygen atoms in total. The molecule has 1 aliphatic heterocycles. The largest absolute Gasteiger partial charge is 0.494 e. The fourth-order valence-corrected chi connectivity index (χ4v) is 6.37. The van der Waals surface area contributed by atoms with Crippen molar-refractivity contribution < 1.29 is 28.5 Å². The summed E-state index contributed by atoms with van der Waals surface area (Å²) in [7, 11) is 3.21. The number of hydrogen-bond acceptors (Lipinski definition) is 7. The van der Waals surface area contributed by atoms with Crippen LogP contribution in [0.2, 0.25) is 0 Å². The molecule has 2 saturated carbocycles. The van der Waals surface area contributed by atoms with Gasteiger partial charge in [0.1, 0.15) is 17.6 Å². The molecule has 0 bridgehead atoms. The first kappa shape index (κ1) is 27.0. The molecule has 0 radical (unpaired) electrons. The molecule has 206 valence electrons. The highest BCUT2D eigenvalue weighted by molar-refractivity contribution is 6.12. The predicted molar refractivity (Wildman–Crippen MR) is 149 cm³/mol. The summed E-state index contributed by atoms with van der Waals surface area (Å²) >= 11 is 0. The summed E-state index contributed by atoms with van der Waals surface area (Å²) in [6.45, 7) is 4.27. The van der Waals surface area contributed by atoms with Crippen LogP contribution in [0.3, 0.4) is 0 Å². The molecule has 1 unspecified atom stereocenters. The molecule has 1 heterocycles. The van der Waals surface area contributed by atoms with Gasteiger partial charge in [-0.3, -0.25) is 9.79 Å². The third-order valence-electron chi connectivity index (χ3n) is 8.18. The number of carbonyl (C=O) groups excluding carboxylic acids is 2. The zero-order valence-corrected chi connectivity index (χ0v) is 23.2. The first-order valence-electron chi connectivity index (χ1n) is 13.9. The van der Waals surface area contributed by atoms with E-state index in [9.17, 15) is 9.59 Å². The number of ether oxygens (including phenoxy) is 4. The van der Waals surface area contributed by atoms with E-state index in [1.54, 1.807) is 14.2 Å². The fraction of sp³-hybridized carbons (Fsp3) is 0.469. The third-order valence-corrected chi connectivity index (χ3v) is 8.18. The molecule has 5 rings (SSSR count). The number of rotatable bonds is 8. The fourth-order valence-electron chi connectivity index (χ4n) is 6.37. The molecule has 39 heavy (non-hydrogen) atoms. The molecule has 0 amide bonds. The number of fused-ring (bicyclic) bond motifs is 1. The molecule has 0 spiro atoms. The topological polar surface area (TPSA) is 83.4 Å². The number of carbonyl (C=O) groups is 2. The maximum Gasteiger partial charge on any atom is 0.336 e. The number of methoxy groups -OCH3 is 2. The molecular weight excluding hydrogens is 494 g/mol. The van der Waals surface area contributed by atoms with E-state index >= 15 is 0 Å². The van der Waals surface area contributed by atoms with Crippen LogP contribution in [0.5, 0.6) is 17.2 Å². The van der Waals surface area contributed by atoms with E-state index in [4.69, 9.17) is 23.9 Å². The Balaban J connectivity index is 1.56. The number of hydrogen-bond donors (Lipinski definition) is 0. The minimum Gasteiger partial charge on any atom is -0.494 e. The van der Waals surface area contributed by atoms with E-state index in [2.05, 4.69) is 0 Å². The Labute approximate surface area is 230 Å². The number of benzene rings is 2. The number of allylic oxidation sites excluding steroid dienone is 1. The number of para-hydroxylation sites is 1. The second-order valence-electron chi connectivity index (χ2n) is 10.5. The van der Waals surface area contributed by atoms with Crippen molar-refractivity contribution in [2.45, 2.75) is 70.3 Å². The Morgan fingerprint density at radius 2 is 1.69 bits per heavy atom. The Bertz CT molecular complexity index is 1310. The molecule has 0 aromatic heterocycles. The quantitative estimate of drug-likeness (QED) is 0.379. The van der Waals surface area contributed by atoms with Crippen molar-refractivity contribution in [1.29, 1.82) is 0 Å². The number of nitrogens with zero attached hydrogens (tertiary/aromatic N) is 1. The van der Waals surface area contributed by atoms with Gasteiger partial charge in [0.25, 0.3) is 0 Å². The van der Waals surface area contributed by atoms with Crippen LogP contribution in [0.4, 0.5) is 0 Å². The molecule has 2 aliphatic carbocycles. The van der Waals surface area contributed by atoms with Gasteiger partial charge in [0, 0.05) is 29.3 Å². The van der Waals surface area contributed by atoms with Crippen molar-refractivity contribution >= 4 is 17.5 Å². The molecule has 3 atom stereocenters. The van der Waals surface area contributed by atoms with E-state index in [1.165, 1.54) is 0 Å². The third kappa shape index (κ3) is 5.32. The van der Waals surface area contributed by atoms with E-state index in [0.717, 1.165) is 42.5 Å². The van der Waals surface area contributed by atoms with Gasteiger partial charge in [-0.2, -0.15) is 0 Å². The van der Waals surface area contributed by atoms with Crippen molar-refractivity contribution in [2.24, 2.45) is 10.9 Å². The second kappa shape index (κ2) is 11.6. The summed E-state index contributed by atoms with van der Waals surface area (Å²) < 4.78 is 22.9. The Morgan fingerprint density at radius 3 is 2.41 bits per heavy atom. The van der Waals surface area contributed by atoms with E-state index in [0.29, 0.717) is 48.0 Å². The van der Waals surface area contributed by atoms with Crippen LogP contribution >= 0.6 is 0 Å². The van der Waals surface area contributed by atoms with Gasteiger partial charge in [0.05, 0.1) is 32.3 Å². The average Bonchev–Trinajstić information content (AvgIpc) is 3.45. The summed E-state index contributed by atoms with van der Waals surface area (Å²) in [6, 6.07) is 13.5. The smallest absolute Gasteiger partial charge is 0.336 e. The van der Waals surface area contributed by atoms with Gasteiger partial charge in [-0.15, -0.1) is 0 Å². The molecule has 0 N–H and O–H groups in total. The summed E-state index contributed by atoms with van der Waals surface area (Å²) in [6.07, 6.45) is 4.76. The highest BCUT2D eigenvalue weighted by atomic mass is 16.5. The Kier molecular flexibility index (Phi) is 8.05. The summed E-state index contributed by atoms with van der Waals surface area (Å²) in [5.74, 6) is 0.559. The van der Waals surface area contributed by atoms with Gasteiger partial charge in [-0.05, 0) is 75.6 Å². The van der Waals surface area contributed by atoms with E-state index in [-0.39, 0.29) is 23.8 Å². The minimum atomic E-state index is -0.544. The lowest BCUT2D eigenvalue weighted by Gasteiger charge is -2.38. The highest BCUT2D eigenvalue weighted by Crippen LogP contribution is 2.48. The van der Waals surface area contributed by atoms with Gasteiger partial charge in [0.2, 0.25) is 0 Å².